The van der Waals surface area contributed by atoms with Crippen LogP contribution in [0.5, 0.6) is 0 Å². The zero-order valence-corrected chi connectivity index (χ0v) is 11.6. The fraction of sp³-hybridized carbons (Fsp3) is 0.571. The summed E-state index contributed by atoms with van der Waals surface area (Å²) < 4.78 is 10.7. The fourth-order valence-corrected chi connectivity index (χ4v) is 1.70. The predicted molar refractivity (Wildman–Crippen MR) is 74.2 cm³/mol. The van der Waals surface area contributed by atoms with E-state index in [0.29, 0.717) is 50.9 Å². The molecule has 0 amide bonds. The second-order valence-corrected chi connectivity index (χ2v) is 3.87. The molecule has 0 radical (unpaired) electrons. The van der Waals surface area contributed by atoms with Crippen LogP contribution in [-0.4, -0.2) is 44.5 Å². The van der Waals surface area contributed by atoms with Gasteiger partial charge in [-0.05, 0) is 26.0 Å². The zero-order chi connectivity index (χ0) is 13.9. The molecule has 0 aliphatic heterocycles. The molecule has 1 aromatic heterocycles. The van der Waals surface area contributed by atoms with Crippen molar-refractivity contribution in [1.29, 1.82) is 5.26 Å². The minimum Gasteiger partial charge on any atom is -0.380 e. The van der Waals surface area contributed by atoms with E-state index < -0.39 is 0 Å². The van der Waals surface area contributed by atoms with E-state index in [0.717, 1.165) is 0 Å². The number of pyridine rings is 1. The Balaban J connectivity index is 2.73. The van der Waals surface area contributed by atoms with Gasteiger partial charge in [0.2, 0.25) is 0 Å². The smallest absolute Gasteiger partial charge is 0.146 e. The van der Waals surface area contributed by atoms with Crippen molar-refractivity contribution in [3.63, 3.8) is 0 Å². The molecule has 0 aliphatic carbocycles. The molecule has 0 fully saturated rings. The Morgan fingerprint density at radius 2 is 1.84 bits per heavy atom. The fourth-order valence-electron chi connectivity index (χ4n) is 1.70. The maximum absolute atomic E-state index is 9.13. The van der Waals surface area contributed by atoms with Crippen molar-refractivity contribution in [1.82, 2.24) is 4.98 Å². The molecule has 0 spiro atoms. The first-order valence-electron chi connectivity index (χ1n) is 6.59. The van der Waals surface area contributed by atoms with Gasteiger partial charge in [0.05, 0.1) is 18.8 Å². The molecule has 5 heteroatoms. The molecule has 0 N–H and O–H groups in total. The normalized spacial score (nSPS) is 10.2. The van der Waals surface area contributed by atoms with Crippen molar-refractivity contribution >= 4 is 5.82 Å². The minimum absolute atomic E-state index is 0.579. The molecule has 19 heavy (non-hydrogen) atoms. The zero-order valence-electron chi connectivity index (χ0n) is 11.6. The molecule has 0 atom stereocenters. The van der Waals surface area contributed by atoms with Crippen LogP contribution < -0.4 is 4.90 Å². The van der Waals surface area contributed by atoms with Crippen LogP contribution in [0.25, 0.3) is 0 Å². The number of anilines is 1. The lowest BCUT2D eigenvalue weighted by Gasteiger charge is -2.24. The average molecular weight is 263 g/mol. The Labute approximate surface area is 114 Å². The lowest BCUT2D eigenvalue weighted by Crippen LogP contribution is -2.32. The highest BCUT2D eigenvalue weighted by atomic mass is 16.5. The first kappa shape index (κ1) is 15.4. The van der Waals surface area contributed by atoms with Crippen LogP contribution in [0.3, 0.4) is 0 Å². The third kappa shape index (κ3) is 5.25. The molecule has 0 unspecified atom stereocenters. The van der Waals surface area contributed by atoms with E-state index in [-0.39, 0.29) is 0 Å². The van der Waals surface area contributed by atoms with E-state index >= 15 is 0 Å². The Bertz CT molecular complexity index is 394. The van der Waals surface area contributed by atoms with E-state index in [1.54, 1.807) is 18.3 Å². The van der Waals surface area contributed by atoms with Crippen molar-refractivity contribution < 1.29 is 9.47 Å². The van der Waals surface area contributed by atoms with E-state index in [9.17, 15) is 0 Å². The number of hydrogen-bond donors (Lipinski definition) is 0. The Hall–Kier alpha value is -1.64. The topological polar surface area (TPSA) is 58.4 Å². The quantitative estimate of drug-likeness (QED) is 0.636. The Kier molecular flexibility index (Phi) is 7.56. The summed E-state index contributed by atoms with van der Waals surface area (Å²) in [6.45, 7) is 7.94. The molecule has 1 heterocycles. The van der Waals surface area contributed by atoms with Crippen LogP contribution in [0.4, 0.5) is 5.82 Å². The molecule has 5 nitrogen and oxygen atoms in total. The molecule has 0 aromatic carbocycles. The summed E-state index contributed by atoms with van der Waals surface area (Å²) in [5.74, 6) is 0.699. The summed E-state index contributed by atoms with van der Waals surface area (Å²) in [5.41, 5.74) is 0.579. The summed E-state index contributed by atoms with van der Waals surface area (Å²) >= 11 is 0. The highest BCUT2D eigenvalue weighted by Gasteiger charge is 2.12. The molecule has 1 aromatic rings. The molecular formula is C14H21N3O2. The monoisotopic (exact) mass is 263 g/mol. The van der Waals surface area contributed by atoms with Crippen molar-refractivity contribution in [3.8, 4) is 6.07 Å². The highest BCUT2D eigenvalue weighted by molar-refractivity contribution is 5.53. The predicted octanol–water partition coefficient (Wildman–Crippen LogP) is 1.83. The van der Waals surface area contributed by atoms with E-state index in [4.69, 9.17) is 14.7 Å². The van der Waals surface area contributed by atoms with E-state index in [1.165, 1.54) is 0 Å². The molecule has 1 rings (SSSR count). The summed E-state index contributed by atoms with van der Waals surface area (Å²) in [4.78, 5) is 6.33. The highest BCUT2D eigenvalue weighted by Crippen LogP contribution is 2.15. The van der Waals surface area contributed by atoms with Crippen LogP contribution in [0.2, 0.25) is 0 Å². The Morgan fingerprint density at radius 1 is 1.21 bits per heavy atom. The first-order chi connectivity index (χ1) is 9.33. The molecule has 0 bridgehead atoms. The van der Waals surface area contributed by atoms with Gasteiger partial charge >= 0.3 is 0 Å². The second-order valence-electron chi connectivity index (χ2n) is 3.87. The number of rotatable bonds is 9. The lowest BCUT2D eigenvalue weighted by atomic mass is 10.2. The van der Waals surface area contributed by atoms with Crippen LogP contribution in [0, 0.1) is 11.3 Å². The van der Waals surface area contributed by atoms with Gasteiger partial charge in [0, 0.05) is 32.5 Å². The first-order valence-corrected chi connectivity index (χ1v) is 6.59. The van der Waals surface area contributed by atoms with Gasteiger partial charge in [-0.25, -0.2) is 4.98 Å². The van der Waals surface area contributed by atoms with Crippen molar-refractivity contribution in [2.45, 2.75) is 13.8 Å². The summed E-state index contributed by atoms with van der Waals surface area (Å²) in [5, 5.41) is 9.13. The maximum Gasteiger partial charge on any atom is 0.146 e. The van der Waals surface area contributed by atoms with Gasteiger partial charge < -0.3 is 14.4 Å². The maximum atomic E-state index is 9.13. The third-order valence-corrected chi connectivity index (χ3v) is 2.63. The average Bonchev–Trinajstić information content (AvgIpc) is 2.46. The summed E-state index contributed by atoms with van der Waals surface area (Å²) in [7, 11) is 0. The van der Waals surface area contributed by atoms with Gasteiger partial charge in [-0.1, -0.05) is 0 Å². The standard InChI is InChI=1S/C14H21N3O2/c1-3-18-10-8-17(9-11-19-4-2)14-13(12-15)6-5-7-16-14/h5-7H,3-4,8-11H2,1-2H3. The molecule has 0 saturated carbocycles. The number of nitrogens with zero attached hydrogens (tertiary/aromatic N) is 3. The largest absolute Gasteiger partial charge is 0.380 e. The molecule has 0 aliphatic rings. The molecule has 104 valence electrons. The van der Waals surface area contributed by atoms with Crippen molar-refractivity contribution in [3.05, 3.63) is 23.9 Å². The lowest BCUT2D eigenvalue weighted by molar-refractivity contribution is 0.141. The third-order valence-electron chi connectivity index (χ3n) is 2.63. The number of nitriles is 1. The van der Waals surface area contributed by atoms with Crippen molar-refractivity contribution in [2.24, 2.45) is 0 Å². The number of hydrogen-bond acceptors (Lipinski definition) is 5. The van der Waals surface area contributed by atoms with Gasteiger partial charge in [0.15, 0.2) is 0 Å². The van der Waals surface area contributed by atoms with E-state index in [2.05, 4.69) is 11.1 Å². The second kappa shape index (κ2) is 9.31. The summed E-state index contributed by atoms with van der Waals surface area (Å²) in [6.07, 6.45) is 1.70. The van der Waals surface area contributed by atoms with Gasteiger partial charge in [-0.15, -0.1) is 0 Å². The van der Waals surface area contributed by atoms with Crippen LogP contribution in [-0.2, 0) is 9.47 Å². The molecular weight excluding hydrogens is 242 g/mol. The van der Waals surface area contributed by atoms with Gasteiger partial charge in [0.1, 0.15) is 11.9 Å². The van der Waals surface area contributed by atoms with Gasteiger partial charge in [-0.2, -0.15) is 5.26 Å². The summed E-state index contributed by atoms with van der Waals surface area (Å²) in [6, 6.07) is 5.71. The SMILES string of the molecule is CCOCCN(CCOCC)c1ncccc1C#N. The van der Waals surface area contributed by atoms with Gasteiger partial charge in [-0.3, -0.25) is 0 Å². The number of aromatic nitrogens is 1. The number of ether oxygens (including phenoxy) is 2. The van der Waals surface area contributed by atoms with Crippen LogP contribution >= 0.6 is 0 Å². The molecule has 0 saturated heterocycles. The van der Waals surface area contributed by atoms with Gasteiger partial charge in [0.25, 0.3) is 0 Å². The van der Waals surface area contributed by atoms with Crippen molar-refractivity contribution in [2.75, 3.05) is 44.4 Å². The van der Waals surface area contributed by atoms with Crippen LogP contribution in [0.1, 0.15) is 19.4 Å². The van der Waals surface area contributed by atoms with E-state index in [1.807, 2.05) is 18.7 Å². The Morgan fingerprint density at radius 3 is 2.37 bits per heavy atom. The van der Waals surface area contributed by atoms with Crippen LogP contribution in [0.15, 0.2) is 18.3 Å². The minimum atomic E-state index is 0.579.